The van der Waals surface area contributed by atoms with Crippen LogP contribution in [-0.4, -0.2) is 24.6 Å². The Hall–Kier alpha value is -1.55. The average Bonchev–Trinajstić information content (AvgIpc) is 2.36. The van der Waals surface area contributed by atoms with Crippen molar-refractivity contribution < 1.29 is 9.53 Å². The Morgan fingerprint density at radius 2 is 1.70 bits per heavy atom. The number of hydrogen-bond donors (Lipinski definition) is 2. The van der Waals surface area contributed by atoms with E-state index in [1.54, 1.807) is 6.92 Å². The Balaban J connectivity index is 2.62. The summed E-state index contributed by atoms with van der Waals surface area (Å²) in [7, 11) is 1.92. The average molecular weight is 278 g/mol. The number of carbonyl (C=O) groups is 1. The van der Waals surface area contributed by atoms with Crippen molar-refractivity contribution in [2.75, 3.05) is 7.05 Å². The Labute approximate surface area is 121 Å². The number of carbonyl (C=O) groups excluding carboxylic acids is 1. The molecule has 1 rings (SSSR count). The maximum Gasteiger partial charge on any atom is 0.261 e. The van der Waals surface area contributed by atoms with Gasteiger partial charge in [0.2, 0.25) is 0 Å². The van der Waals surface area contributed by atoms with Crippen LogP contribution >= 0.6 is 0 Å². The first-order valence-corrected chi connectivity index (χ1v) is 6.99. The number of hydrogen-bond acceptors (Lipinski definition) is 3. The Kier molecular flexibility index (Phi) is 5.57. The Morgan fingerprint density at radius 3 is 2.15 bits per heavy atom. The third-order valence-corrected chi connectivity index (χ3v) is 2.99. The predicted octanol–water partition coefficient (Wildman–Crippen LogP) is 2.65. The van der Waals surface area contributed by atoms with E-state index in [9.17, 15) is 4.79 Å². The molecule has 4 nitrogen and oxygen atoms in total. The van der Waals surface area contributed by atoms with Gasteiger partial charge in [0.1, 0.15) is 5.75 Å². The van der Waals surface area contributed by atoms with Crippen molar-refractivity contribution in [2.24, 2.45) is 0 Å². The highest BCUT2D eigenvalue weighted by molar-refractivity contribution is 5.81. The van der Waals surface area contributed by atoms with Gasteiger partial charge in [-0.15, -0.1) is 0 Å². The minimum Gasteiger partial charge on any atom is -0.481 e. The molecular formula is C16H26N2O2. The fraction of sp³-hybridized carbons (Fsp3) is 0.562. The zero-order valence-electron chi connectivity index (χ0n) is 13.3. The molecule has 1 amide bonds. The van der Waals surface area contributed by atoms with Crippen molar-refractivity contribution in [3.05, 3.63) is 29.8 Å². The maximum absolute atomic E-state index is 11.9. The van der Waals surface area contributed by atoms with E-state index in [1.807, 2.05) is 52.1 Å². The Morgan fingerprint density at radius 1 is 1.15 bits per heavy atom. The smallest absolute Gasteiger partial charge is 0.261 e. The number of ether oxygens (including phenoxy) is 1. The van der Waals surface area contributed by atoms with E-state index < -0.39 is 6.10 Å². The van der Waals surface area contributed by atoms with Crippen molar-refractivity contribution in [3.63, 3.8) is 0 Å². The molecule has 2 unspecified atom stereocenters. The van der Waals surface area contributed by atoms with Crippen LogP contribution in [0.1, 0.15) is 46.2 Å². The van der Waals surface area contributed by atoms with Crippen LogP contribution in [-0.2, 0) is 4.79 Å². The molecule has 112 valence electrons. The molecular weight excluding hydrogens is 252 g/mol. The lowest BCUT2D eigenvalue weighted by Gasteiger charge is -2.23. The van der Waals surface area contributed by atoms with Gasteiger partial charge in [0.25, 0.3) is 5.91 Å². The van der Waals surface area contributed by atoms with Crippen molar-refractivity contribution in [1.82, 2.24) is 10.6 Å². The van der Waals surface area contributed by atoms with Crippen LogP contribution in [0.4, 0.5) is 0 Å². The lowest BCUT2D eigenvalue weighted by atomic mass is 10.1. The summed E-state index contributed by atoms with van der Waals surface area (Å²) in [5.74, 6) is 0.596. The van der Waals surface area contributed by atoms with E-state index in [-0.39, 0.29) is 11.4 Å². The third-order valence-electron chi connectivity index (χ3n) is 2.99. The highest BCUT2D eigenvalue weighted by Crippen LogP contribution is 2.18. The van der Waals surface area contributed by atoms with E-state index >= 15 is 0 Å². The first-order valence-electron chi connectivity index (χ1n) is 6.99. The van der Waals surface area contributed by atoms with Crippen molar-refractivity contribution >= 4 is 5.91 Å². The molecule has 0 aromatic heterocycles. The van der Waals surface area contributed by atoms with E-state index in [4.69, 9.17) is 4.74 Å². The minimum absolute atomic E-state index is 0.106. The normalized spacial score (nSPS) is 14.5. The standard InChI is InChI=1S/C16H26N2O2/c1-11(17-6)13-7-9-14(10-8-13)20-12(2)15(19)18-16(3,4)5/h7-12,17H,1-6H3,(H,18,19). The van der Waals surface area contributed by atoms with E-state index in [1.165, 1.54) is 5.56 Å². The first kappa shape index (κ1) is 16.5. The number of rotatable bonds is 5. The SMILES string of the molecule is CNC(C)c1ccc(OC(C)C(=O)NC(C)(C)C)cc1. The summed E-state index contributed by atoms with van der Waals surface area (Å²) in [5, 5.41) is 6.08. The molecule has 0 fully saturated rings. The summed E-state index contributed by atoms with van der Waals surface area (Å²) in [6.45, 7) is 9.70. The lowest BCUT2D eigenvalue weighted by Crippen LogP contribution is -2.46. The summed E-state index contributed by atoms with van der Waals surface area (Å²) in [4.78, 5) is 11.9. The second kappa shape index (κ2) is 6.75. The summed E-state index contributed by atoms with van der Waals surface area (Å²) >= 11 is 0. The molecule has 2 atom stereocenters. The third kappa shape index (κ3) is 5.21. The highest BCUT2D eigenvalue weighted by Gasteiger charge is 2.20. The van der Waals surface area contributed by atoms with E-state index in [2.05, 4.69) is 17.6 Å². The zero-order chi connectivity index (χ0) is 15.3. The first-order chi connectivity index (χ1) is 9.23. The fourth-order valence-electron chi connectivity index (χ4n) is 1.73. The molecule has 0 saturated carbocycles. The lowest BCUT2D eigenvalue weighted by molar-refractivity contribution is -0.128. The van der Waals surface area contributed by atoms with Crippen LogP contribution in [0.15, 0.2) is 24.3 Å². The number of nitrogens with one attached hydrogen (secondary N) is 2. The molecule has 0 saturated heterocycles. The van der Waals surface area contributed by atoms with Gasteiger partial charge >= 0.3 is 0 Å². The second-order valence-corrected chi connectivity index (χ2v) is 6.08. The molecule has 0 bridgehead atoms. The van der Waals surface area contributed by atoms with Gasteiger partial charge in [-0.25, -0.2) is 0 Å². The maximum atomic E-state index is 11.9. The van der Waals surface area contributed by atoms with Gasteiger partial charge in [0.05, 0.1) is 0 Å². The van der Waals surface area contributed by atoms with Crippen molar-refractivity contribution in [3.8, 4) is 5.75 Å². The van der Waals surface area contributed by atoms with Crippen molar-refractivity contribution in [2.45, 2.75) is 52.3 Å². The minimum atomic E-state index is -0.512. The van der Waals surface area contributed by atoms with Crippen LogP contribution in [0.5, 0.6) is 5.75 Å². The van der Waals surface area contributed by atoms with Gasteiger partial charge in [-0.05, 0) is 59.4 Å². The summed E-state index contributed by atoms with van der Waals surface area (Å²) < 4.78 is 5.66. The van der Waals surface area contributed by atoms with Crippen LogP contribution in [0, 0.1) is 0 Å². The van der Waals surface area contributed by atoms with Gasteiger partial charge in [-0.2, -0.15) is 0 Å². The fourth-order valence-corrected chi connectivity index (χ4v) is 1.73. The summed E-state index contributed by atoms with van der Waals surface area (Å²) in [6.07, 6.45) is -0.512. The van der Waals surface area contributed by atoms with Gasteiger partial charge in [0.15, 0.2) is 6.10 Å². The van der Waals surface area contributed by atoms with Crippen LogP contribution in [0.2, 0.25) is 0 Å². The highest BCUT2D eigenvalue weighted by atomic mass is 16.5. The summed E-state index contributed by atoms with van der Waals surface area (Å²) in [6, 6.07) is 8.09. The molecule has 0 aliphatic heterocycles. The van der Waals surface area contributed by atoms with E-state index in [0.717, 1.165) is 0 Å². The quantitative estimate of drug-likeness (QED) is 0.870. The molecule has 2 N–H and O–H groups in total. The van der Waals surface area contributed by atoms with Gasteiger partial charge < -0.3 is 15.4 Å². The number of amides is 1. The van der Waals surface area contributed by atoms with Crippen LogP contribution < -0.4 is 15.4 Å². The molecule has 0 spiro atoms. The molecule has 1 aromatic rings. The molecule has 20 heavy (non-hydrogen) atoms. The molecule has 0 aliphatic rings. The van der Waals surface area contributed by atoms with Crippen LogP contribution in [0.25, 0.3) is 0 Å². The van der Waals surface area contributed by atoms with Gasteiger partial charge in [0, 0.05) is 11.6 Å². The molecule has 0 aliphatic carbocycles. The zero-order valence-corrected chi connectivity index (χ0v) is 13.3. The number of benzene rings is 1. The van der Waals surface area contributed by atoms with Crippen molar-refractivity contribution in [1.29, 1.82) is 0 Å². The molecule has 0 radical (unpaired) electrons. The Bertz CT molecular complexity index is 435. The van der Waals surface area contributed by atoms with Gasteiger partial charge in [-0.3, -0.25) is 4.79 Å². The molecule has 1 aromatic carbocycles. The largest absolute Gasteiger partial charge is 0.481 e. The molecule has 4 heteroatoms. The van der Waals surface area contributed by atoms with E-state index in [0.29, 0.717) is 11.8 Å². The molecule has 0 heterocycles. The predicted molar refractivity (Wildman–Crippen MR) is 81.9 cm³/mol. The monoisotopic (exact) mass is 278 g/mol. The van der Waals surface area contributed by atoms with Gasteiger partial charge in [-0.1, -0.05) is 12.1 Å². The second-order valence-electron chi connectivity index (χ2n) is 6.08. The van der Waals surface area contributed by atoms with Crippen LogP contribution in [0.3, 0.4) is 0 Å². The topological polar surface area (TPSA) is 50.4 Å². The summed E-state index contributed by atoms with van der Waals surface area (Å²) in [5.41, 5.74) is 0.937.